The minimum Gasteiger partial charge on any atom is -0.336 e. The van der Waals surface area contributed by atoms with Crippen molar-refractivity contribution in [1.29, 1.82) is 0 Å². The molecular weight excluding hydrogens is 336 g/mol. The van der Waals surface area contributed by atoms with E-state index in [1.54, 1.807) is 24.5 Å². The summed E-state index contributed by atoms with van der Waals surface area (Å²) in [6.45, 7) is 7.00. The summed E-state index contributed by atoms with van der Waals surface area (Å²) in [6.07, 6.45) is 5.83. The molecule has 0 N–H and O–H groups in total. The van der Waals surface area contributed by atoms with Gasteiger partial charge < -0.3 is 4.90 Å². The molecule has 0 atom stereocenters. The maximum atomic E-state index is 12.6. The number of hydrogen-bond acceptors (Lipinski definition) is 4. The van der Waals surface area contributed by atoms with Gasteiger partial charge in [-0.05, 0) is 43.6 Å². The molecule has 0 saturated carbocycles. The second-order valence-corrected chi connectivity index (χ2v) is 7.56. The molecule has 0 aliphatic carbocycles. The number of nitrogens with zero attached hydrogens (tertiary/aromatic N) is 4. The second-order valence-electron chi connectivity index (χ2n) is 7.56. The minimum atomic E-state index is 0.134. The Morgan fingerprint density at radius 2 is 1.56 bits per heavy atom. The molecule has 0 spiro atoms. The SMILES string of the molecule is O=C(c1ccncc1)N1CCN(C2CCN(Cc3ccccc3)CC2)CC1. The monoisotopic (exact) mass is 364 g/mol. The Kier molecular flexibility index (Phi) is 5.80. The van der Waals surface area contributed by atoms with Crippen LogP contribution < -0.4 is 0 Å². The molecule has 0 bridgehead atoms. The lowest BCUT2D eigenvalue weighted by Gasteiger charge is -2.42. The molecule has 1 aromatic heterocycles. The topological polar surface area (TPSA) is 39.7 Å². The predicted octanol–water partition coefficient (Wildman–Crippen LogP) is 2.50. The van der Waals surface area contributed by atoms with Crippen LogP contribution in [0.15, 0.2) is 54.9 Å². The highest BCUT2D eigenvalue weighted by atomic mass is 16.2. The summed E-state index contributed by atoms with van der Waals surface area (Å²) >= 11 is 0. The van der Waals surface area contributed by atoms with Crippen LogP contribution >= 0.6 is 0 Å². The van der Waals surface area contributed by atoms with Gasteiger partial charge in [0, 0.05) is 56.7 Å². The van der Waals surface area contributed by atoms with E-state index in [1.165, 1.54) is 18.4 Å². The fourth-order valence-corrected chi connectivity index (χ4v) is 4.25. The zero-order valence-corrected chi connectivity index (χ0v) is 15.8. The normalized spacial score (nSPS) is 19.9. The number of pyridine rings is 1. The van der Waals surface area contributed by atoms with Gasteiger partial charge in [-0.3, -0.25) is 19.6 Å². The van der Waals surface area contributed by atoms with E-state index in [-0.39, 0.29) is 5.91 Å². The molecule has 1 amide bonds. The van der Waals surface area contributed by atoms with Gasteiger partial charge in [-0.15, -0.1) is 0 Å². The molecule has 2 aliphatic rings. The zero-order valence-electron chi connectivity index (χ0n) is 15.8. The lowest BCUT2D eigenvalue weighted by molar-refractivity contribution is 0.0445. The van der Waals surface area contributed by atoms with E-state index in [4.69, 9.17) is 0 Å². The van der Waals surface area contributed by atoms with Crippen molar-refractivity contribution >= 4 is 5.91 Å². The highest BCUT2D eigenvalue weighted by Gasteiger charge is 2.29. The summed E-state index contributed by atoms with van der Waals surface area (Å²) in [5.41, 5.74) is 2.15. The first-order chi connectivity index (χ1) is 13.3. The van der Waals surface area contributed by atoms with Gasteiger partial charge in [0.1, 0.15) is 0 Å². The average molecular weight is 364 g/mol. The summed E-state index contributed by atoms with van der Waals surface area (Å²) in [5.74, 6) is 0.134. The van der Waals surface area contributed by atoms with Gasteiger partial charge in [0.25, 0.3) is 5.91 Å². The molecule has 142 valence electrons. The van der Waals surface area contributed by atoms with E-state index >= 15 is 0 Å². The van der Waals surface area contributed by atoms with Crippen LogP contribution in [-0.2, 0) is 6.54 Å². The molecule has 5 nitrogen and oxygen atoms in total. The number of benzene rings is 1. The summed E-state index contributed by atoms with van der Waals surface area (Å²) in [7, 11) is 0. The quantitative estimate of drug-likeness (QED) is 0.836. The van der Waals surface area contributed by atoms with Crippen LogP contribution in [0.4, 0.5) is 0 Å². The van der Waals surface area contributed by atoms with E-state index in [2.05, 4.69) is 45.1 Å². The Balaban J connectivity index is 1.23. The van der Waals surface area contributed by atoms with Crippen molar-refractivity contribution in [3.63, 3.8) is 0 Å². The van der Waals surface area contributed by atoms with Gasteiger partial charge in [-0.1, -0.05) is 30.3 Å². The number of aromatic nitrogens is 1. The predicted molar refractivity (Wildman–Crippen MR) is 106 cm³/mol. The fraction of sp³-hybridized carbons (Fsp3) is 0.455. The minimum absolute atomic E-state index is 0.134. The first-order valence-electron chi connectivity index (χ1n) is 9.99. The van der Waals surface area contributed by atoms with Gasteiger partial charge in [0.15, 0.2) is 0 Å². The smallest absolute Gasteiger partial charge is 0.254 e. The number of rotatable bonds is 4. The van der Waals surface area contributed by atoms with Crippen molar-refractivity contribution in [3.05, 3.63) is 66.0 Å². The molecule has 0 unspecified atom stereocenters. The third kappa shape index (κ3) is 4.54. The van der Waals surface area contributed by atoms with Crippen molar-refractivity contribution in [2.75, 3.05) is 39.3 Å². The van der Waals surface area contributed by atoms with Crippen LogP contribution in [0.5, 0.6) is 0 Å². The molecule has 2 fully saturated rings. The maximum absolute atomic E-state index is 12.6. The third-order valence-electron chi connectivity index (χ3n) is 5.85. The highest BCUT2D eigenvalue weighted by molar-refractivity contribution is 5.94. The Morgan fingerprint density at radius 3 is 2.22 bits per heavy atom. The summed E-state index contributed by atoms with van der Waals surface area (Å²) in [6, 6.07) is 15.0. The largest absolute Gasteiger partial charge is 0.336 e. The van der Waals surface area contributed by atoms with Crippen LogP contribution in [0.25, 0.3) is 0 Å². The molecule has 2 aliphatic heterocycles. The molecule has 27 heavy (non-hydrogen) atoms. The van der Waals surface area contributed by atoms with Gasteiger partial charge in [0.2, 0.25) is 0 Å². The lowest BCUT2D eigenvalue weighted by Crippen LogP contribution is -2.54. The van der Waals surface area contributed by atoms with Crippen LogP contribution in [0, 0.1) is 0 Å². The molecule has 2 saturated heterocycles. The van der Waals surface area contributed by atoms with E-state index in [1.807, 2.05) is 4.90 Å². The number of likely N-dealkylation sites (tertiary alicyclic amines) is 1. The van der Waals surface area contributed by atoms with Gasteiger partial charge in [-0.25, -0.2) is 0 Å². The average Bonchev–Trinajstić information content (AvgIpc) is 2.75. The molecule has 4 rings (SSSR count). The molecule has 0 radical (unpaired) electrons. The first-order valence-corrected chi connectivity index (χ1v) is 9.99. The molecule has 3 heterocycles. The van der Waals surface area contributed by atoms with Crippen molar-refractivity contribution in [3.8, 4) is 0 Å². The first kappa shape index (κ1) is 18.1. The van der Waals surface area contributed by atoms with E-state index in [0.29, 0.717) is 6.04 Å². The number of carbonyl (C=O) groups is 1. The van der Waals surface area contributed by atoms with E-state index in [0.717, 1.165) is 51.4 Å². The van der Waals surface area contributed by atoms with Gasteiger partial charge >= 0.3 is 0 Å². The van der Waals surface area contributed by atoms with Crippen molar-refractivity contribution in [1.82, 2.24) is 19.7 Å². The third-order valence-corrected chi connectivity index (χ3v) is 5.85. The molecule has 5 heteroatoms. The molecule has 2 aromatic rings. The Morgan fingerprint density at radius 1 is 0.889 bits per heavy atom. The number of hydrogen-bond donors (Lipinski definition) is 0. The van der Waals surface area contributed by atoms with E-state index < -0.39 is 0 Å². The van der Waals surface area contributed by atoms with Crippen molar-refractivity contribution in [2.24, 2.45) is 0 Å². The second kappa shape index (κ2) is 8.63. The van der Waals surface area contributed by atoms with Crippen molar-refractivity contribution < 1.29 is 4.79 Å². The maximum Gasteiger partial charge on any atom is 0.254 e. The van der Waals surface area contributed by atoms with Crippen molar-refractivity contribution in [2.45, 2.75) is 25.4 Å². The summed E-state index contributed by atoms with van der Waals surface area (Å²) in [5, 5.41) is 0. The lowest BCUT2D eigenvalue weighted by atomic mass is 10.0. The van der Waals surface area contributed by atoms with Crippen LogP contribution in [0.2, 0.25) is 0 Å². The number of piperidine rings is 1. The fourth-order valence-electron chi connectivity index (χ4n) is 4.25. The summed E-state index contributed by atoms with van der Waals surface area (Å²) in [4.78, 5) is 23.7. The number of amides is 1. The van der Waals surface area contributed by atoms with Crippen LogP contribution in [-0.4, -0.2) is 70.9 Å². The van der Waals surface area contributed by atoms with Crippen LogP contribution in [0.3, 0.4) is 0 Å². The Hall–Kier alpha value is -2.24. The van der Waals surface area contributed by atoms with Gasteiger partial charge in [0.05, 0.1) is 0 Å². The number of piperazine rings is 1. The Labute approximate surface area is 161 Å². The molecular formula is C22H28N4O. The Bertz CT molecular complexity index is 720. The summed E-state index contributed by atoms with van der Waals surface area (Å²) < 4.78 is 0. The van der Waals surface area contributed by atoms with E-state index in [9.17, 15) is 4.79 Å². The van der Waals surface area contributed by atoms with Gasteiger partial charge in [-0.2, -0.15) is 0 Å². The number of carbonyl (C=O) groups excluding carboxylic acids is 1. The highest BCUT2D eigenvalue weighted by Crippen LogP contribution is 2.20. The zero-order chi connectivity index (χ0) is 18.5. The standard InChI is InChI=1S/C22H28N4O/c27-22(20-6-10-23-11-7-20)26-16-14-25(15-17-26)21-8-12-24(13-9-21)18-19-4-2-1-3-5-19/h1-7,10-11,21H,8-9,12-18H2. The van der Waals surface area contributed by atoms with Crippen LogP contribution in [0.1, 0.15) is 28.8 Å². The molecule has 1 aromatic carbocycles.